The molecular formula is C10H15BrN2S. The third-order valence-corrected chi connectivity index (χ3v) is 4.26. The Morgan fingerprint density at radius 3 is 2.86 bits per heavy atom. The largest absolute Gasteiger partial charge is 0.348 e. The highest BCUT2D eigenvalue weighted by Crippen LogP contribution is 2.26. The first-order chi connectivity index (χ1) is 6.79. The van der Waals surface area contributed by atoms with E-state index in [1.807, 2.05) is 0 Å². The summed E-state index contributed by atoms with van der Waals surface area (Å²) in [7, 11) is 0. The lowest BCUT2D eigenvalue weighted by Gasteiger charge is -2.29. The van der Waals surface area contributed by atoms with Crippen molar-refractivity contribution < 1.29 is 0 Å². The van der Waals surface area contributed by atoms with Crippen molar-refractivity contribution in [3.05, 3.63) is 11.1 Å². The summed E-state index contributed by atoms with van der Waals surface area (Å²) in [6.45, 7) is 4.69. The van der Waals surface area contributed by atoms with E-state index in [4.69, 9.17) is 0 Å². The third-order valence-electron chi connectivity index (χ3n) is 2.73. The molecule has 1 fully saturated rings. The molecular weight excluding hydrogens is 260 g/mol. The standard InChI is InChI=1S/C10H15BrN2S/c1-8-2-4-13(5-3-8)10-12-9(6-11)7-14-10/h7-8H,2-6H2,1H3. The summed E-state index contributed by atoms with van der Waals surface area (Å²) >= 11 is 5.20. The number of rotatable bonds is 2. The molecule has 2 nitrogen and oxygen atoms in total. The monoisotopic (exact) mass is 274 g/mol. The molecule has 2 heterocycles. The molecule has 0 aromatic carbocycles. The molecule has 2 rings (SSSR count). The van der Waals surface area contributed by atoms with Gasteiger partial charge in [0.05, 0.1) is 5.69 Å². The van der Waals surface area contributed by atoms with Crippen molar-refractivity contribution in [1.29, 1.82) is 0 Å². The van der Waals surface area contributed by atoms with E-state index in [9.17, 15) is 0 Å². The number of hydrogen-bond donors (Lipinski definition) is 0. The van der Waals surface area contributed by atoms with Crippen LogP contribution >= 0.6 is 27.3 Å². The maximum atomic E-state index is 4.58. The molecule has 0 unspecified atom stereocenters. The Bertz CT molecular complexity index is 292. The van der Waals surface area contributed by atoms with Crippen LogP contribution in [-0.4, -0.2) is 18.1 Å². The van der Waals surface area contributed by atoms with Gasteiger partial charge in [0.25, 0.3) is 0 Å². The Morgan fingerprint density at radius 2 is 2.29 bits per heavy atom. The van der Waals surface area contributed by atoms with Crippen molar-refractivity contribution in [2.24, 2.45) is 5.92 Å². The average Bonchev–Trinajstić information content (AvgIpc) is 2.67. The van der Waals surface area contributed by atoms with Gasteiger partial charge >= 0.3 is 0 Å². The predicted octanol–water partition coefficient (Wildman–Crippen LogP) is 3.27. The Kier molecular flexibility index (Phi) is 3.44. The van der Waals surface area contributed by atoms with Crippen LogP contribution in [-0.2, 0) is 5.33 Å². The second-order valence-corrected chi connectivity index (χ2v) is 5.32. The Labute approximate surface area is 97.5 Å². The Hall–Kier alpha value is -0.0900. The topological polar surface area (TPSA) is 16.1 Å². The van der Waals surface area contributed by atoms with Crippen molar-refractivity contribution in [3.8, 4) is 0 Å². The zero-order valence-corrected chi connectivity index (χ0v) is 10.8. The van der Waals surface area contributed by atoms with Gasteiger partial charge in [0.15, 0.2) is 5.13 Å². The first-order valence-electron chi connectivity index (χ1n) is 5.05. The summed E-state index contributed by atoms with van der Waals surface area (Å²) in [4.78, 5) is 6.99. The quantitative estimate of drug-likeness (QED) is 0.770. The number of nitrogens with zero attached hydrogens (tertiary/aromatic N) is 2. The molecule has 14 heavy (non-hydrogen) atoms. The normalized spacial score (nSPS) is 18.9. The minimum absolute atomic E-state index is 0.869. The van der Waals surface area contributed by atoms with Gasteiger partial charge in [0.1, 0.15) is 0 Å². The van der Waals surface area contributed by atoms with Crippen LogP contribution in [0.25, 0.3) is 0 Å². The van der Waals surface area contributed by atoms with E-state index in [2.05, 4.69) is 38.1 Å². The van der Waals surface area contributed by atoms with Crippen LogP contribution in [0.1, 0.15) is 25.5 Å². The molecule has 0 atom stereocenters. The molecule has 1 aromatic rings. The van der Waals surface area contributed by atoms with Crippen molar-refractivity contribution >= 4 is 32.4 Å². The first kappa shape index (κ1) is 10.4. The van der Waals surface area contributed by atoms with Gasteiger partial charge in [0.2, 0.25) is 0 Å². The first-order valence-corrected chi connectivity index (χ1v) is 7.05. The smallest absolute Gasteiger partial charge is 0.185 e. The van der Waals surface area contributed by atoms with Gasteiger partial charge in [-0.05, 0) is 18.8 Å². The van der Waals surface area contributed by atoms with Gasteiger partial charge < -0.3 is 4.90 Å². The highest BCUT2D eigenvalue weighted by Gasteiger charge is 2.17. The molecule has 0 aliphatic carbocycles. The summed E-state index contributed by atoms with van der Waals surface area (Å²) in [5, 5.41) is 4.21. The summed E-state index contributed by atoms with van der Waals surface area (Å²) < 4.78 is 0. The van der Waals surface area contributed by atoms with Crippen LogP contribution in [0.2, 0.25) is 0 Å². The van der Waals surface area contributed by atoms with Crippen molar-refractivity contribution in [3.63, 3.8) is 0 Å². The second kappa shape index (κ2) is 4.62. The van der Waals surface area contributed by atoms with Gasteiger partial charge in [-0.25, -0.2) is 4.98 Å². The number of piperidine rings is 1. The number of anilines is 1. The van der Waals surface area contributed by atoms with Gasteiger partial charge in [-0.15, -0.1) is 11.3 Å². The zero-order valence-electron chi connectivity index (χ0n) is 8.37. The van der Waals surface area contributed by atoms with E-state index in [0.717, 1.165) is 16.9 Å². The van der Waals surface area contributed by atoms with Crippen molar-refractivity contribution in [2.45, 2.75) is 25.1 Å². The molecule has 0 amide bonds. The van der Waals surface area contributed by atoms with Gasteiger partial charge in [-0.2, -0.15) is 0 Å². The molecule has 1 aliphatic rings. The fourth-order valence-corrected chi connectivity index (χ4v) is 3.08. The highest BCUT2D eigenvalue weighted by molar-refractivity contribution is 9.08. The summed E-state index contributed by atoms with van der Waals surface area (Å²) in [5.41, 5.74) is 1.16. The average molecular weight is 275 g/mol. The fraction of sp³-hybridized carbons (Fsp3) is 0.700. The molecule has 0 N–H and O–H groups in total. The summed E-state index contributed by atoms with van der Waals surface area (Å²) in [6.07, 6.45) is 2.62. The maximum Gasteiger partial charge on any atom is 0.185 e. The Balaban J connectivity index is 2.01. The van der Waals surface area contributed by atoms with E-state index < -0.39 is 0 Å². The van der Waals surface area contributed by atoms with Crippen LogP contribution in [0.5, 0.6) is 0 Å². The number of thiazole rings is 1. The minimum Gasteiger partial charge on any atom is -0.348 e. The summed E-state index contributed by atoms with van der Waals surface area (Å²) in [5.74, 6) is 0.891. The molecule has 78 valence electrons. The van der Waals surface area contributed by atoms with Gasteiger partial charge in [-0.1, -0.05) is 22.9 Å². The van der Waals surface area contributed by atoms with Crippen molar-refractivity contribution in [1.82, 2.24) is 4.98 Å². The van der Waals surface area contributed by atoms with E-state index in [-0.39, 0.29) is 0 Å². The van der Waals surface area contributed by atoms with E-state index in [1.54, 1.807) is 11.3 Å². The maximum absolute atomic E-state index is 4.58. The minimum atomic E-state index is 0.869. The zero-order chi connectivity index (χ0) is 9.97. The van der Waals surface area contributed by atoms with Crippen molar-refractivity contribution in [2.75, 3.05) is 18.0 Å². The molecule has 0 saturated carbocycles. The van der Waals surface area contributed by atoms with Gasteiger partial charge in [0, 0.05) is 23.8 Å². The number of aromatic nitrogens is 1. The number of halogens is 1. The molecule has 4 heteroatoms. The third kappa shape index (κ3) is 2.28. The predicted molar refractivity (Wildman–Crippen MR) is 65.4 cm³/mol. The highest BCUT2D eigenvalue weighted by atomic mass is 79.9. The molecule has 0 bridgehead atoms. The van der Waals surface area contributed by atoms with E-state index >= 15 is 0 Å². The van der Waals surface area contributed by atoms with Crippen LogP contribution in [0.3, 0.4) is 0 Å². The number of alkyl halides is 1. The molecule has 1 aromatic heterocycles. The number of hydrogen-bond acceptors (Lipinski definition) is 3. The second-order valence-electron chi connectivity index (χ2n) is 3.92. The van der Waals surface area contributed by atoms with E-state index in [1.165, 1.54) is 31.1 Å². The molecule has 1 saturated heterocycles. The van der Waals surface area contributed by atoms with Crippen LogP contribution < -0.4 is 4.90 Å². The lowest BCUT2D eigenvalue weighted by Crippen LogP contribution is -2.32. The lowest BCUT2D eigenvalue weighted by atomic mass is 10.00. The van der Waals surface area contributed by atoms with Gasteiger partial charge in [-0.3, -0.25) is 0 Å². The fourth-order valence-electron chi connectivity index (χ4n) is 1.70. The molecule has 0 radical (unpaired) electrons. The van der Waals surface area contributed by atoms with Crippen LogP contribution in [0, 0.1) is 5.92 Å². The Morgan fingerprint density at radius 1 is 1.57 bits per heavy atom. The summed E-state index contributed by atoms with van der Waals surface area (Å²) in [6, 6.07) is 0. The SMILES string of the molecule is CC1CCN(c2nc(CBr)cs2)CC1. The molecule has 1 aliphatic heterocycles. The van der Waals surface area contributed by atoms with E-state index in [0.29, 0.717) is 0 Å². The van der Waals surface area contributed by atoms with Crippen LogP contribution in [0.15, 0.2) is 5.38 Å². The molecule has 0 spiro atoms. The lowest BCUT2D eigenvalue weighted by molar-refractivity contribution is 0.438. The van der Waals surface area contributed by atoms with Crippen LogP contribution in [0.4, 0.5) is 5.13 Å².